The number of amides is 2. The molecule has 0 fully saturated rings. The lowest BCUT2D eigenvalue weighted by Gasteiger charge is -2.14. The van der Waals surface area contributed by atoms with Gasteiger partial charge in [0.05, 0.1) is 12.9 Å². The lowest BCUT2D eigenvalue weighted by atomic mass is 10.1. The summed E-state index contributed by atoms with van der Waals surface area (Å²) in [6.07, 6.45) is 1.54. The van der Waals surface area contributed by atoms with Crippen molar-refractivity contribution >= 4 is 23.0 Å². The quantitative estimate of drug-likeness (QED) is 0.385. The summed E-state index contributed by atoms with van der Waals surface area (Å²) in [7, 11) is 0. The van der Waals surface area contributed by atoms with Crippen LogP contribution in [-0.2, 0) is 24.4 Å². The highest BCUT2D eigenvalue weighted by Gasteiger charge is 2.20. The van der Waals surface area contributed by atoms with Gasteiger partial charge in [0.15, 0.2) is 11.2 Å². The van der Waals surface area contributed by atoms with Crippen LogP contribution in [0.4, 0.5) is 0 Å². The number of carbonyl (C=O) groups is 2. The molecule has 0 aliphatic heterocycles. The Morgan fingerprint density at radius 2 is 1.64 bits per heavy atom. The van der Waals surface area contributed by atoms with Gasteiger partial charge in [-0.3, -0.25) is 29.8 Å². The van der Waals surface area contributed by atoms with Crippen LogP contribution in [0.2, 0.25) is 0 Å². The van der Waals surface area contributed by atoms with E-state index in [1.807, 2.05) is 51.1 Å². The van der Waals surface area contributed by atoms with Crippen LogP contribution in [0.25, 0.3) is 11.2 Å². The molecule has 0 atom stereocenters. The van der Waals surface area contributed by atoms with Gasteiger partial charge < -0.3 is 4.57 Å². The molecule has 0 saturated heterocycles. The first-order chi connectivity index (χ1) is 17.2. The largest absolute Gasteiger partial charge is 0.333 e. The smallest absolute Gasteiger partial charge is 0.324 e. The molecule has 0 radical (unpaired) electrons. The summed E-state index contributed by atoms with van der Waals surface area (Å²) in [6.45, 7) is 6.05. The van der Waals surface area contributed by atoms with Gasteiger partial charge in [0.1, 0.15) is 6.54 Å². The molecule has 2 N–H and O–H groups in total. The van der Waals surface area contributed by atoms with Crippen molar-refractivity contribution < 1.29 is 9.59 Å². The van der Waals surface area contributed by atoms with Crippen LogP contribution >= 0.6 is 0 Å². The third-order valence-corrected chi connectivity index (χ3v) is 5.66. The van der Waals surface area contributed by atoms with Crippen LogP contribution in [0.5, 0.6) is 0 Å². The Balaban J connectivity index is 1.66. The number of aryl methyl sites for hydroxylation is 1. The van der Waals surface area contributed by atoms with E-state index in [1.54, 1.807) is 35.2 Å². The normalized spacial score (nSPS) is 11.1. The third-order valence-electron chi connectivity index (χ3n) is 5.66. The van der Waals surface area contributed by atoms with E-state index in [0.717, 1.165) is 15.7 Å². The molecule has 2 aromatic heterocycles. The SMILES string of the molecule is Cc1ccc(C(=O)NNC(=O)Cn2c(=O)c3c(ncn3CC(C)C)n(Cc3ccccc3)c2=O)cc1. The number of fused-ring (bicyclic) bond motifs is 1. The molecule has 0 aliphatic rings. The Labute approximate surface area is 207 Å². The van der Waals surface area contributed by atoms with Gasteiger partial charge in [-0.25, -0.2) is 14.3 Å². The monoisotopic (exact) mass is 488 g/mol. The second kappa shape index (κ2) is 10.4. The minimum atomic E-state index is -0.713. The maximum absolute atomic E-state index is 13.4. The van der Waals surface area contributed by atoms with Crippen molar-refractivity contribution in [3.8, 4) is 0 Å². The fourth-order valence-corrected chi connectivity index (χ4v) is 3.91. The Hall–Kier alpha value is -4.47. The number of hydrogen-bond donors (Lipinski definition) is 2. The van der Waals surface area contributed by atoms with Crippen LogP contribution < -0.4 is 22.1 Å². The van der Waals surface area contributed by atoms with Gasteiger partial charge in [0, 0.05) is 12.1 Å². The van der Waals surface area contributed by atoms with Gasteiger partial charge in [-0.15, -0.1) is 0 Å². The molecule has 4 rings (SSSR count). The van der Waals surface area contributed by atoms with E-state index in [9.17, 15) is 19.2 Å². The summed E-state index contributed by atoms with van der Waals surface area (Å²) >= 11 is 0. The van der Waals surface area contributed by atoms with E-state index >= 15 is 0 Å². The molecule has 0 aliphatic carbocycles. The molecular weight excluding hydrogens is 460 g/mol. The van der Waals surface area contributed by atoms with Crippen LogP contribution in [0.3, 0.4) is 0 Å². The van der Waals surface area contributed by atoms with Gasteiger partial charge >= 0.3 is 5.69 Å². The number of hydrazine groups is 1. The van der Waals surface area contributed by atoms with Crippen LogP contribution in [0, 0.1) is 12.8 Å². The molecular formula is C26H28N6O4. The number of aromatic nitrogens is 4. The van der Waals surface area contributed by atoms with Crippen molar-refractivity contribution in [2.75, 3.05) is 0 Å². The molecule has 2 aromatic carbocycles. The van der Waals surface area contributed by atoms with Crippen LogP contribution in [0.15, 0.2) is 70.5 Å². The molecule has 2 heterocycles. The van der Waals surface area contributed by atoms with Gasteiger partial charge in [-0.05, 0) is 30.5 Å². The Morgan fingerprint density at radius 3 is 2.31 bits per heavy atom. The number of carbonyl (C=O) groups excluding carboxylic acids is 2. The minimum Gasteiger partial charge on any atom is -0.324 e. The first kappa shape index (κ1) is 24.6. The second-order valence-electron chi connectivity index (χ2n) is 9.08. The first-order valence-corrected chi connectivity index (χ1v) is 11.6. The van der Waals surface area contributed by atoms with E-state index in [-0.39, 0.29) is 23.6 Å². The van der Waals surface area contributed by atoms with Crippen molar-refractivity contribution in [3.63, 3.8) is 0 Å². The molecule has 0 saturated carbocycles. The minimum absolute atomic E-state index is 0.181. The number of benzene rings is 2. The summed E-state index contributed by atoms with van der Waals surface area (Å²) in [6, 6.07) is 16.1. The molecule has 36 heavy (non-hydrogen) atoms. The Bertz CT molecular complexity index is 1510. The maximum Gasteiger partial charge on any atom is 0.333 e. The number of rotatable bonds is 7. The zero-order valence-electron chi connectivity index (χ0n) is 20.4. The molecule has 0 spiro atoms. The van der Waals surface area contributed by atoms with Gasteiger partial charge in [0.25, 0.3) is 17.4 Å². The standard InChI is InChI=1S/C26H28N6O4/c1-17(2)13-30-16-27-23-22(30)25(35)32(26(36)31(23)14-19-7-5-4-6-8-19)15-21(33)28-29-24(34)20-11-9-18(3)10-12-20/h4-12,16-17H,13-15H2,1-3H3,(H,28,33)(H,29,34). The topological polar surface area (TPSA) is 120 Å². The van der Waals surface area contributed by atoms with E-state index in [2.05, 4.69) is 15.8 Å². The second-order valence-corrected chi connectivity index (χ2v) is 9.08. The van der Waals surface area contributed by atoms with Crippen molar-refractivity contribution in [3.05, 3.63) is 98.5 Å². The summed E-state index contributed by atoms with van der Waals surface area (Å²) in [5, 5.41) is 0. The molecule has 4 aromatic rings. The van der Waals surface area contributed by atoms with E-state index in [0.29, 0.717) is 12.1 Å². The molecule has 186 valence electrons. The van der Waals surface area contributed by atoms with E-state index in [1.165, 1.54) is 4.57 Å². The van der Waals surface area contributed by atoms with Gasteiger partial charge in [-0.1, -0.05) is 61.9 Å². The number of imidazole rings is 1. The lowest BCUT2D eigenvalue weighted by Crippen LogP contribution is -2.48. The third kappa shape index (κ3) is 5.27. The van der Waals surface area contributed by atoms with E-state index < -0.39 is 29.6 Å². The maximum atomic E-state index is 13.4. The Morgan fingerprint density at radius 1 is 0.944 bits per heavy atom. The summed E-state index contributed by atoms with van der Waals surface area (Å²) in [5.74, 6) is -0.997. The number of nitrogens with zero attached hydrogens (tertiary/aromatic N) is 4. The first-order valence-electron chi connectivity index (χ1n) is 11.6. The molecule has 2 amide bonds. The highest BCUT2D eigenvalue weighted by Crippen LogP contribution is 2.11. The van der Waals surface area contributed by atoms with Gasteiger partial charge in [-0.2, -0.15) is 0 Å². The average molecular weight is 489 g/mol. The number of nitrogens with one attached hydrogen (secondary N) is 2. The Kier molecular flexibility index (Phi) is 7.14. The predicted molar refractivity (Wildman–Crippen MR) is 135 cm³/mol. The lowest BCUT2D eigenvalue weighted by molar-refractivity contribution is -0.122. The predicted octanol–water partition coefficient (Wildman–Crippen LogP) is 1.83. The fourth-order valence-electron chi connectivity index (χ4n) is 3.91. The summed E-state index contributed by atoms with van der Waals surface area (Å²) < 4.78 is 3.97. The highest BCUT2D eigenvalue weighted by molar-refractivity contribution is 5.95. The van der Waals surface area contributed by atoms with Gasteiger partial charge in [0.2, 0.25) is 0 Å². The highest BCUT2D eigenvalue weighted by atomic mass is 16.2. The summed E-state index contributed by atoms with van der Waals surface area (Å²) in [4.78, 5) is 56.1. The zero-order valence-corrected chi connectivity index (χ0v) is 20.4. The van der Waals surface area contributed by atoms with Crippen molar-refractivity contribution in [2.45, 2.75) is 40.4 Å². The fraction of sp³-hybridized carbons (Fsp3) is 0.269. The molecule has 0 bridgehead atoms. The zero-order chi connectivity index (χ0) is 25.8. The van der Waals surface area contributed by atoms with Crippen molar-refractivity contribution in [1.82, 2.24) is 29.5 Å². The number of hydrogen-bond acceptors (Lipinski definition) is 5. The molecule has 0 unspecified atom stereocenters. The average Bonchev–Trinajstić information content (AvgIpc) is 3.27. The van der Waals surface area contributed by atoms with Crippen LogP contribution in [-0.4, -0.2) is 30.5 Å². The van der Waals surface area contributed by atoms with Crippen LogP contribution in [0.1, 0.15) is 35.3 Å². The van der Waals surface area contributed by atoms with Crippen molar-refractivity contribution in [1.29, 1.82) is 0 Å². The van der Waals surface area contributed by atoms with E-state index in [4.69, 9.17) is 0 Å². The molecule has 10 nitrogen and oxygen atoms in total. The van der Waals surface area contributed by atoms with Crippen molar-refractivity contribution in [2.24, 2.45) is 5.92 Å². The summed E-state index contributed by atoms with van der Waals surface area (Å²) in [5.41, 5.74) is 6.05. The molecule has 10 heteroatoms.